The van der Waals surface area contributed by atoms with Gasteiger partial charge in [-0.1, -0.05) is 45.0 Å². The number of alkyl halides is 1. The Balaban J connectivity index is 2.89. The Kier molecular flexibility index (Phi) is 4.55. The van der Waals surface area contributed by atoms with Crippen molar-refractivity contribution in [2.75, 3.05) is 6.67 Å². The van der Waals surface area contributed by atoms with Crippen LogP contribution in [0.4, 0.5) is 4.39 Å². The van der Waals surface area contributed by atoms with E-state index < -0.39 is 0 Å². The van der Waals surface area contributed by atoms with Crippen LogP contribution in [0.15, 0.2) is 24.3 Å². The van der Waals surface area contributed by atoms with E-state index in [1.54, 1.807) is 0 Å². The molecule has 1 aromatic rings. The smallest absolute Gasteiger partial charge is 0.109 e. The van der Waals surface area contributed by atoms with Gasteiger partial charge in [0, 0.05) is 5.54 Å². The molecule has 0 aliphatic heterocycles. The highest BCUT2D eigenvalue weighted by molar-refractivity contribution is 5.29. The Hall–Kier alpha value is -0.890. The molecule has 0 aromatic heterocycles. The van der Waals surface area contributed by atoms with Gasteiger partial charge < -0.3 is 5.32 Å². The predicted octanol–water partition coefficient (Wildman–Crippen LogP) is 4.38. The number of rotatable bonds is 3. The third kappa shape index (κ3) is 4.41. The summed E-state index contributed by atoms with van der Waals surface area (Å²) in [6, 6.07) is 8.04. The zero-order chi connectivity index (χ0) is 14.0. The van der Waals surface area contributed by atoms with Gasteiger partial charge in [0.2, 0.25) is 0 Å². The molecule has 0 amide bonds. The molecule has 1 atom stereocenters. The van der Waals surface area contributed by atoms with Crippen LogP contribution in [-0.4, -0.2) is 12.2 Å². The molecule has 2 heteroatoms. The molecule has 0 fully saturated rings. The Morgan fingerprint density at radius 1 is 1.00 bits per heavy atom. The predicted molar refractivity (Wildman–Crippen MR) is 76.7 cm³/mol. The number of halogens is 1. The summed E-state index contributed by atoms with van der Waals surface area (Å²) in [5.41, 5.74) is 2.35. The van der Waals surface area contributed by atoms with Gasteiger partial charge >= 0.3 is 0 Å². The van der Waals surface area contributed by atoms with Gasteiger partial charge in [0.25, 0.3) is 0 Å². The molecule has 0 bridgehead atoms. The maximum absolute atomic E-state index is 13.1. The van der Waals surface area contributed by atoms with Crippen LogP contribution in [-0.2, 0) is 5.41 Å². The van der Waals surface area contributed by atoms with E-state index in [4.69, 9.17) is 0 Å². The summed E-state index contributed by atoms with van der Waals surface area (Å²) in [5.74, 6) is 0. The van der Waals surface area contributed by atoms with E-state index in [1.165, 1.54) is 5.56 Å². The van der Waals surface area contributed by atoms with Gasteiger partial charge in [-0.25, -0.2) is 4.39 Å². The first-order valence-corrected chi connectivity index (χ1v) is 6.57. The molecule has 1 aromatic carbocycles. The Labute approximate surface area is 111 Å². The van der Waals surface area contributed by atoms with Crippen LogP contribution in [0.2, 0.25) is 0 Å². The van der Waals surface area contributed by atoms with Gasteiger partial charge in [-0.15, -0.1) is 0 Å². The van der Waals surface area contributed by atoms with E-state index in [0.717, 1.165) is 5.56 Å². The third-order valence-electron chi connectivity index (χ3n) is 2.94. The molecule has 1 N–H and O–H groups in total. The number of hydrogen-bond donors (Lipinski definition) is 1. The van der Waals surface area contributed by atoms with Crippen molar-refractivity contribution in [3.05, 3.63) is 35.4 Å². The average Bonchev–Trinajstić information content (AvgIpc) is 2.24. The summed E-state index contributed by atoms with van der Waals surface area (Å²) >= 11 is 0. The van der Waals surface area contributed by atoms with E-state index in [9.17, 15) is 4.39 Å². The molecule has 0 unspecified atom stereocenters. The van der Waals surface area contributed by atoms with Gasteiger partial charge in [0.05, 0.1) is 6.04 Å². The van der Waals surface area contributed by atoms with Crippen molar-refractivity contribution >= 4 is 0 Å². The van der Waals surface area contributed by atoms with E-state index in [-0.39, 0.29) is 23.7 Å². The van der Waals surface area contributed by atoms with Crippen LogP contribution in [0, 0.1) is 0 Å². The summed E-state index contributed by atoms with van der Waals surface area (Å²) in [7, 11) is 0. The number of benzene rings is 1. The molecule has 0 heterocycles. The second-order valence-corrected chi connectivity index (χ2v) is 6.97. The number of hydrogen-bond acceptors (Lipinski definition) is 1. The fourth-order valence-electron chi connectivity index (χ4n) is 1.95. The Bertz CT molecular complexity index is 368. The van der Waals surface area contributed by atoms with Crippen LogP contribution in [0.5, 0.6) is 0 Å². The first kappa shape index (κ1) is 15.2. The molecule has 0 aliphatic rings. The minimum absolute atomic E-state index is 0.0839. The highest BCUT2D eigenvalue weighted by atomic mass is 19.1. The molecular weight excluding hydrogens is 225 g/mol. The fraction of sp³-hybridized carbons (Fsp3) is 0.625. The van der Waals surface area contributed by atoms with Gasteiger partial charge in [0.1, 0.15) is 6.67 Å². The van der Waals surface area contributed by atoms with Gasteiger partial charge in [-0.3, -0.25) is 0 Å². The summed E-state index contributed by atoms with van der Waals surface area (Å²) in [5, 5.41) is 3.31. The lowest BCUT2D eigenvalue weighted by Gasteiger charge is -2.28. The molecule has 0 aliphatic carbocycles. The van der Waals surface area contributed by atoms with E-state index in [0.29, 0.717) is 0 Å². The van der Waals surface area contributed by atoms with E-state index in [1.807, 2.05) is 12.1 Å². The van der Waals surface area contributed by atoms with Crippen molar-refractivity contribution < 1.29 is 4.39 Å². The summed E-state index contributed by atoms with van der Waals surface area (Å²) in [6.07, 6.45) is 0. The standard InChI is InChI=1S/C16H26FN/c1-15(2,3)13-9-7-12(8-10-13)14(11-17)18-16(4,5)6/h7-10,14,18H,11H2,1-6H3/t14-/m1/s1. The Morgan fingerprint density at radius 2 is 1.50 bits per heavy atom. The monoisotopic (exact) mass is 251 g/mol. The lowest BCUT2D eigenvalue weighted by Crippen LogP contribution is -2.39. The van der Waals surface area contributed by atoms with Crippen molar-refractivity contribution in [3.63, 3.8) is 0 Å². The van der Waals surface area contributed by atoms with Crippen LogP contribution in [0.3, 0.4) is 0 Å². The topological polar surface area (TPSA) is 12.0 Å². The lowest BCUT2D eigenvalue weighted by molar-refractivity contribution is 0.306. The quantitative estimate of drug-likeness (QED) is 0.840. The Morgan fingerprint density at radius 3 is 1.83 bits per heavy atom. The van der Waals surface area contributed by atoms with Gasteiger partial charge in [0.15, 0.2) is 0 Å². The van der Waals surface area contributed by atoms with Crippen molar-refractivity contribution in [2.24, 2.45) is 0 Å². The summed E-state index contributed by atoms with van der Waals surface area (Å²) in [4.78, 5) is 0. The van der Waals surface area contributed by atoms with Crippen LogP contribution < -0.4 is 5.32 Å². The zero-order valence-electron chi connectivity index (χ0n) is 12.5. The van der Waals surface area contributed by atoms with Crippen molar-refractivity contribution in [3.8, 4) is 0 Å². The highest BCUT2D eigenvalue weighted by Crippen LogP contribution is 2.25. The molecule has 0 spiro atoms. The zero-order valence-corrected chi connectivity index (χ0v) is 12.5. The second kappa shape index (κ2) is 5.40. The van der Waals surface area contributed by atoms with Gasteiger partial charge in [-0.05, 0) is 37.3 Å². The molecule has 0 saturated carbocycles. The van der Waals surface area contributed by atoms with Crippen LogP contribution in [0.25, 0.3) is 0 Å². The molecule has 0 saturated heterocycles. The van der Waals surface area contributed by atoms with Crippen molar-refractivity contribution in [1.82, 2.24) is 5.32 Å². The lowest BCUT2D eigenvalue weighted by atomic mass is 9.86. The molecular formula is C16H26FN. The average molecular weight is 251 g/mol. The first-order chi connectivity index (χ1) is 8.13. The maximum Gasteiger partial charge on any atom is 0.109 e. The van der Waals surface area contributed by atoms with Gasteiger partial charge in [-0.2, -0.15) is 0 Å². The molecule has 1 nitrogen and oxygen atoms in total. The highest BCUT2D eigenvalue weighted by Gasteiger charge is 2.19. The summed E-state index contributed by atoms with van der Waals surface area (Å²) in [6.45, 7) is 12.3. The van der Waals surface area contributed by atoms with Crippen LogP contribution >= 0.6 is 0 Å². The minimum atomic E-state index is -0.383. The van der Waals surface area contributed by atoms with Crippen molar-refractivity contribution in [2.45, 2.75) is 58.5 Å². The first-order valence-electron chi connectivity index (χ1n) is 6.57. The van der Waals surface area contributed by atoms with E-state index >= 15 is 0 Å². The van der Waals surface area contributed by atoms with Crippen LogP contribution in [0.1, 0.15) is 58.7 Å². The third-order valence-corrected chi connectivity index (χ3v) is 2.94. The minimum Gasteiger partial charge on any atom is -0.303 e. The fourth-order valence-corrected chi connectivity index (χ4v) is 1.95. The second-order valence-electron chi connectivity index (χ2n) is 6.97. The molecule has 0 radical (unpaired) electrons. The largest absolute Gasteiger partial charge is 0.303 e. The molecule has 1 rings (SSSR count). The maximum atomic E-state index is 13.1. The summed E-state index contributed by atoms with van der Waals surface area (Å²) < 4.78 is 13.1. The van der Waals surface area contributed by atoms with Crippen molar-refractivity contribution in [1.29, 1.82) is 0 Å². The SMILES string of the molecule is CC(C)(C)N[C@H](CF)c1ccc(C(C)(C)C)cc1. The molecule has 18 heavy (non-hydrogen) atoms. The van der Waals surface area contributed by atoms with E-state index in [2.05, 4.69) is 59.0 Å². The molecule has 102 valence electrons. The number of nitrogens with one attached hydrogen (secondary N) is 1. The normalized spacial score (nSPS) is 14.6.